The quantitative estimate of drug-likeness (QED) is 0.746. The third kappa shape index (κ3) is 4.66. The van der Waals surface area contributed by atoms with Gasteiger partial charge in [-0.2, -0.15) is 0 Å². The van der Waals surface area contributed by atoms with E-state index < -0.39 is 0 Å². The van der Waals surface area contributed by atoms with Crippen LogP contribution in [0.5, 0.6) is 0 Å². The van der Waals surface area contributed by atoms with Gasteiger partial charge >= 0.3 is 0 Å². The predicted molar refractivity (Wildman–Crippen MR) is 83.1 cm³/mol. The first-order valence-electron chi connectivity index (χ1n) is 6.77. The van der Waals surface area contributed by atoms with Crippen molar-refractivity contribution >= 4 is 17.4 Å². The average Bonchev–Trinajstić information content (AvgIpc) is 2.47. The molecule has 0 atom stereocenters. The SMILES string of the molecule is CN(CCC(=O)c1cccc(F)c1)Cc1ccccc1Cl. The summed E-state index contributed by atoms with van der Waals surface area (Å²) in [6.07, 6.45) is 0.352. The second-order valence-electron chi connectivity index (χ2n) is 5.01. The second kappa shape index (κ2) is 7.34. The molecule has 2 aromatic rings. The van der Waals surface area contributed by atoms with E-state index in [1.165, 1.54) is 12.1 Å². The number of Topliss-reactive ketones (excluding diaryl/α,β-unsaturated/α-hetero) is 1. The maximum absolute atomic E-state index is 13.1. The number of ketones is 1. The van der Waals surface area contributed by atoms with Gasteiger partial charge in [-0.1, -0.05) is 41.9 Å². The van der Waals surface area contributed by atoms with E-state index in [2.05, 4.69) is 0 Å². The fourth-order valence-electron chi connectivity index (χ4n) is 2.10. The Kier molecular flexibility index (Phi) is 5.48. The first kappa shape index (κ1) is 15.7. The Morgan fingerprint density at radius 1 is 1.19 bits per heavy atom. The van der Waals surface area contributed by atoms with E-state index in [0.717, 1.165) is 10.6 Å². The molecule has 0 amide bonds. The predicted octanol–water partition coefficient (Wildman–Crippen LogP) is 4.18. The van der Waals surface area contributed by atoms with Crippen molar-refractivity contribution in [1.29, 1.82) is 0 Å². The highest BCUT2D eigenvalue weighted by Crippen LogP contribution is 2.16. The summed E-state index contributed by atoms with van der Waals surface area (Å²) in [6.45, 7) is 1.27. The highest BCUT2D eigenvalue weighted by molar-refractivity contribution is 6.31. The van der Waals surface area contributed by atoms with Crippen LogP contribution in [0.25, 0.3) is 0 Å². The van der Waals surface area contributed by atoms with Gasteiger partial charge in [0.05, 0.1) is 0 Å². The topological polar surface area (TPSA) is 20.3 Å². The molecular formula is C17H17ClFNO. The van der Waals surface area contributed by atoms with Crippen LogP contribution in [-0.4, -0.2) is 24.3 Å². The van der Waals surface area contributed by atoms with Crippen molar-refractivity contribution in [2.45, 2.75) is 13.0 Å². The molecule has 2 nitrogen and oxygen atoms in total. The van der Waals surface area contributed by atoms with Gasteiger partial charge in [0.25, 0.3) is 0 Å². The Balaban J connectivity index is 1.88. The maximum Gasteiger partial charge on any atom is 0.164 e. The minimum absolute atomic E-state index is 0.0551. The summed E-state index contributed by atoms with van der Waals surface area (Å²) in [5.74, 6) is -0.439. The summed E-state index contributed by atoms with van der Waals surface area (Å²) >= 11 is 6.11. The number of rotatable bonds is 6. The smallest absolute Gasteiger partial charge is 0.164 e. The lowest BCUT2D eigenvalue weighted by Gasteiger charge is -2.17. The Morgan fingerprint density at radius 3 is 2.67 bits per heavy atom. The standard InChI is InChI=1S/C17H17ClFNO/c1-20(12-14-5-2-3-8-16(14)18)10-9-17(21)13-6-4-7-15(19)11-13/h2-8,11H,9-10,12H2,1H3. The molecule has 0 saturated heterocycles. The zero-order valence-corrected chi connectivity index (χ0v) is 12.6. The zero-order valence-electron chi connectivity index (χ0n) is 11.9. The van der Waals surface area contributed by atoms with E-state index in [1.54, 1.807) is 12.1 Å². The molecule has 0 aliphatic rings. The number of hydrogen-bond donors (Lipinski definition) is 0. The first-order valence-corrected chi connectivity index (χ1v) is 7.15. The van der Waals surface area contributed by atoms with Crippen molar-refractivity contribution in [3.05, 3.63) is 70.5 Å². The van der Waals surface area contributed by atoms with Crippen molar-refractivity contribution in [2.75, 3.05) is 13.6 Å². The number of carbonyl (C=O) groups excluding carboxylic acids is 1. The molecule has 4 heteroatoms. The minimum atomic E-state index is -0.384. The summed E-state index contributed by atoms with van der Waals surface area (Å²) in [4.78, 5) is 14.0. The van der Waals surface area contributed by atoms with Gasteiger partial charge in [0.1, 0.15) is 5.82 Å². The van der Waals surface area contributed by atoms with Gasteiger partial charge in [0.2, 0.25) is 0 Å². The number of halogens is 2. The third-order valence-corrected chi connectivity index (χ3v) is 3.63. The Bertz CT molecular complexity index is 630. The second-order valence-corrected chi connectivity index (χ2v) is 5.42. The van der Waals surface area contributed by atoms with Gasteiger partial charge in [-0.15, -0.1) is 0 Å². The van der Waals surface area contributed by atoms with Crippen molar-refractivity contribution in [2.24, 2.45) is 0 Å². The van der Waals surface area contributed by atoms with Crippen LogP contribution in [0.2, 0.25) is 5.02 Å². The molecule has 0 aliphatic heterocycles. The summed E-state index contributed by atoms with van der Waals surface area (Å²) < 4.78 is 13.1. The molecule has 0 N–H and O–H groups in total. The number of hydrogen-bond acceptors (Lipinski definition) is 2. The molecule has 0 bridgehead atoms. The van der Waals surface area contributed by atoms with Gasteiger partial charge < -0.3 is 4.90 Å². The van der Waals surface area contributed by atoms with Crippen molar-refractivity contribution in [1.82, 2.24) is 4.90 Å². The number of benzene rings is 2. The van der Waals surface area contributed by atoms with Gasteiger partial charge in [0, 0.05) is 30.1 Å². The van der Waals surface area contributed by atoms with Crippen LogP contribution >= 0.6 is 11.6 Å². The molecule has 0 saturated carbocycles. The van der Waals surface area contributed by atoms with Crippen molar-refractivity contribution < 1.29 is 9.18 Å². The number of carbonyl (C=O) groups is 1. The normalized spacial score (nSPS) is 10.9. The van der Waals surface area contributed by atoms with Gasteiger partial charge in [-0.05, 0) is 30.8 Å². The van der Waals surface area contributed by atoms with Crippen LogP contribution in [0.4, 0.5) is 4.39 Å². The molecule has 0 heterocycles. The highest BCUT2D eigenvalue weighted by atomic mass is 35.5. The summed E-state index contributed by atoms with van der Waals surface area (Å²) in [7, 11) is 1.93. The van der Waals surface area contributed by atoms with Crippen LogP contribution in [0.15, 0.2) is 48.5 Å². The summed E-state index contributed by atoms with van der Waals surface area (Å²) in [5, 5.41) is 0.723. The number of nitrogens with zero attached hydrogens (tertiary/aromatic N) is 1. The molecule has 0 radical (unpaired) electrons. The lowest BCUT2D eigenvalue weighted by molar-refractivity contribution is 0.0967. The van der Waals surface area contributed by atoms with Crippen LogP contribution in [0.1, 0.15) is 22.3 Å². The molecule has 0 unspecified atom stereocenters. The van der Waals surface area contributed by atoms with E-state index in [0.29, 0.717) is 25.1 Å². The monoisotopic (exact) mass is 305 g/mol. The fraction of sp³-hybridized carbons (Fsp3) is 0.235. The largest absolute Gasteiger partial charge is 0.302 e. The van der Waals surface area contributed by atoms with Crippen molar-refractivity contribution in [3.8, 4) is 0 Å². The van der Waals surface area contributed by atoms with Crippen molar-refractivity contribution in [3.63, 3.8) is 0 Å². The molecule has 2 rings (SSSR count). The van der Waals surface area contributed by atoms with E-state index in [4.69, 9.17) is 11.6 Å². The van der Waals surface area contributed by atoms with E-state index in [-0.39, 0.29) is 11.6 Å². The van der Waals surface area contributed by atoms with E-state index >= 15 is 0 Å². The Morgan fingerprint density at radius 2 is 1.95 bits per heavy atom. The third-order valence-electron chi connectivity index (χ3n) is 3.27. The molecule has 110 valence electrons. The molecule has 2 aromatic carbocycles. The van der Waals surface area contributed by atoms with Gasteiger partial charge in [-0.3, -0.25) is 4.79 Å². The zero-order chi connectivity index (χ0) is 15.2. The van der Waals surface area contributed by atoms with Crippen LogP contribution in [0.3, 0.4) is 0 Å². The Hall–Kier alpha value is -1.71. The Labute approximate surface area is 129 Å². The molecule has 0 aliphatic carbocycles. The van der Waals surface area contributed by atoms with E-state index in [1.807, 2.05) is 36.2 Å². The molecular weight excluding hydrogens is 289 g/mol. The fourth-order valence-corrected chi connectivity index (χ4v) is 2.29. The molecule has 0 fully saturated rings. The molecule has 21 heavy (non-hydrogen) atoms. The highest BCUT2D eigenvalue weighted by Gasteiger charge is 2.09. The minimum Gasteiger partial charge on any atom is -0.302 e. The van der Waals surface area contributed by atoms with Crippen LogP contribution < -0.4 is 0 Å². The molecule has 0 aromatic heterocycles. The van der Waals surface area contributed by atoms with Crippen LogP contribution in [0, 0.1) is 5.82 Å². The van der Waals surface area contributed by atoms with Gasteiger partial charge in [0.15, 0.2) is 5.78 Å². The summed E-state index contributed by atoms with van der Waals surface area (Å²) in [6, 6.07) is 13.4. The lowest BCUT2D eigenvalue weighted by atomic mass is 10.1. The lowest BCUT2D eigenvalue weighted by Crippen LogP contribution is -2.21. The average molecular weight is 306 g/mol. The maximum atomic E-state index is 13.1. The van der Waals surface area contributed by atoms with Crippen LogP contribution in [-0.2, 0) is 6.54 Å². The van der Waals surface area contributed by atoms with E-state index in [9.17, 15) is 9.18 Å². The molecule has 0 spiro atoms. The van der Waals surface area contributed by atoms with Gasteiger partial charge in [-0.25, -0.2) is 4.39 Å². The first-order chi connectivity index (χ1) is 10.1. The summed E-state index contributed by atoms with van der Waals surface area (Å²) in [5.41, 5.74) is 1.45.